The molecule has 5 heteroatoms. The zero-order valence-corrected chi connectivity index (χ0v) is 11.8. The summed E-state index contributed by atoms with van der Waals surface area (Å²) in [6, 6.07) is 10.1. The van der Waals surface area contributed by atoms with E-state index < -0.39 is 6.29 Å². The van der Waals surface area contributed by atoms with Crippen LogP contribution in [-0.4, -0.2) is 47.1 Å². The van der Waals surface area contributed by atoms with E-state index >= 15 is 0 Å². The van der Waals surface area contributed by atoms with Crippen LogP contribution in [0.1, 0.15) is 12.5 Å². The molecular formula is C14H19NO3S. The maximum Gasteiger partial charge on any atom is 0.179 e. The van der Waals surface area contributed by atoms with Crippen LogP contribution in [-0.2, 0) is 15.3 Å². The van der Waals surface area contributed by atoms with Gasteiger partial charge >= 0.3 is 0 Å². The first-order valence-electron chi connectivity index (χ1n) is 6.35. The Bertz CT molecular complexity index is 412. The quantitative estimate of drug-likeness (QED) is 0.886. The minimum absolute atomic E-state index is 0.111. The molecule has 1 heterocycles. The fourth-order valence-electron chi connectivity index (χ4n) is 2.08. The molecule has 2 rings (SSSR count). The van der Waals surface area contributed by atoms with Crippen LogP contribution in [0.15, 0.2) is 30.3 Å². The number of morpholine rings is 1. The first-order valence-corrected chi connectivity index (χ1v) is 7.40. The predicted octanol–water partition coefficient (Wildman–Crippen LogP) is 1.49. The third-order valence-corrected chi connectivity index (χ3v) is 4.33. The summed E-state index contributed by atoms with van der Waals surface area (Å²) in [4.78, 5) is 13.3. The number of thioether (sulfide) groups is 1. The molecule has 0 aliphatic carbocycles. The third kappa shape index (κ3) is 4.31. The normalized spacial score (nSPS) is 24.3. The Morgan fingerprint density at radius 2 is 2.21 bits per heavy atom. The highest BCUT2D eigenvalue weighted by molar-refractivity contribution is 7.99. The number of ether oxygens (including phenoxy) is 1. The zero-order valence-electron chi connectivity index (χ0n) is 11.0. The van der Waals surface area contributed by atoms with Crippen LogP contribution in [0.25, 0.3) is 0 Å². The number of hydrogen-bond donors (Lipinski definition) is 1. The molecule has 4 nitrogen and oxygen atoms in total. The number of aliphatic hydroxyl groups excluding tert-OH is 1. The highest BCUT2D eigenvalue weighted by Gasteiger charge is 2.31. The number of rotatable bonds is 5. The van der Waals surface area contributed by atoms with Crippen molar-refractivity contribution in [3.63, 3.8) is 0 Å². The summed E-state index contributed by atoms with van der Waals surface area (Å²) in [5.74, 6) is 0.903. The maximum atomic E-state index is 11.3. The number of ketones is 1. The van der Waals surface area contributed by atoms with Crippen LogP contribution in [0.5, 0.6) is 0 Å². The molecule has 1 aromatic rings. The van der Waals surface area contributed by atoms with E-state index in [-0.39, 0.29) is 11.2 Å². The molecule has 104 valence electrons. The number of Topliss-reactive ketones (excluding diaryl/α,β-unsaturated/α-hetero) is 1. The SMILES string of the molecule is CC(=O)CN1CCOC(O)C1SCc1ccccc1. The summed E-state index contributed by atoms with van der Waals surface area (Å²) >= 11 is 1.61. The van der Waals surface area contributed by atoms with E-state index in [0.29, 0.717) is 19.7 Å². The molecule has 1 aliphatic heterocycles. The number of carbonyl (C=O) groups excluding carboxylic acids is 1. The second-order valence-electron chi connectivity index (χ2n) is 4.62. The van der Waals surface area contributed by atoms with Gasteiger partial charge in [-0.05, 0) is 12.5 Å². The van der Waals surface area contributed by atoms with Gasteiger partial charge in [0.15, 0.2) is 6.29 Å². The van der Waals surface area contributed by atoms with Crippen LogP contribution >= 0.6 is 11.8 Å². The number of aliphatic hydroxyl groups is 1. The Balaban J connectivity index is 1.95. The Morgan fingerprint density at radius 3 is 2.89 bits per heavy atom. The number of carbonyl (C=O) groups is 1. The van der Waals surface area contributed by atoms with Gasteiger partial charge in [-0.25, -0.2) is 0 Å². The summed E-state index contributed by atoms with van der Waals surface area (Å²) < 4.78 is 5.27. The van der Waals surface area contributed by atoms with Crippen LogP contribution in [0.4, 0.5) is 0 Å². The van der Waals surface area contributed by atoms with Crippen molar-refractivity contribution < 1.29 is 14.6 Å². The van der Waals surface area contributed by atoms with E-state index in [2.05, 4.69) is 12.1 Å². The Morgan fingerprint density at radius 1 is 1.47 bits per heavy atom. The molecule has 0 amide bonds. The van der Waals surface area contributed by atoms with Gasteiger partial charge < -0.3 is 9.84 Å². The Hall–Kier alpha value is -0.880. The standard InChI is InChI=1S/C14H19NO3S/c1-11(16)9-15-7-8-18-14(17)13(15)19-10-12-5-3-2-4-6-12/h2-6,13-14,17H,7-10H2,1H3. The molecule has 0 bridgehead atoms. The molecule has 1 N–H and O–H groups in total. The highest BCUT2D eigenvalue weighted by Crippen LogP contribution is 2.26. The van der Waals surface area contributed by atoms with Gasteiger partial charge in [-0.3, -0.25) is 9.69 Å². The van der Waals surface area contributed by atoms with Crippen molar-refractivity contribution in [2.24, 2.45) is 0 Å². The molecule has 0 radical (unpaired) electrons. The molecule has 19 heavy (non-hydrogen) atoms. The molecule has 0 spiro atoms. The number of hydrogen-bond acceptors (Lipinski definition) is 5. The molecule has 1 aromatic carbocycles. The molecule has 2 unspecified atom stereocenters. The molecule has 1 aliphatic rings. The van der Waals surface area contributed by atoms with E-state index in [0.717, 1.165) is 5.75 Å². The van der Waals surface area contributed by atoms with Crippen molar-refractivity contribution >= 4 is 17.5 Å². The molecule has 0 saturated carbocycles. The molecule has 1 fully saturated rings. The van der Waals surface area contributed by atoms with Crippen molar-refractivity contribution in [1.82, 2.24) is 4.90 Å². The van der Waals surface area contributed by atoms with Crippen molar-refractivity contribution in [3.8, 4) is 0 Å². The third-order valence-electron chi connectivity index (χ3n) is 2.96. The highest BCUT2D eigenvalue weighted by atomic mass is 32.2. The number of benzene rings is 1. The van der Waals surface area contributed by atoms with Crippen molar-refractivity contribution in [3.05, 3.63) is 35.9 Å². The second kappa shape index (κ2) is 7.05. The monoisotopic (exact) mass is 281 g/mol. The van der Waals surface area contributed by atoms with Crippen molar-refractivity contribution in [2.75, 3.05) is 19.7 Å². The fourth-order valence-corrected chi connectivity index (χ4v) is 3.27. The minimum atomic E-state index is -0.832. The summed E-state index contributed by atoms with van der Waals surface area (Å²) in [5.41, 5.74) is 1.20. The summed E-state index contributed by atoms with van der Waals surface area (Å²) in [5, 5.41) is 9.75. The lowest BCUT2D eigenvalue weighted by molar-refractivity contribution is -0.158. The fraction of sp³-hybridized carbons (Fsp3) is 0.500. The van der Waals surface area contributed by atoms with Crippen molar-refractivity contribution in [1.29, 1.82) is 0 Å². The largest absolute Gasteiger partial charge is 0.366 e. The van der Waals surface area contributed by atoms with Gasteiger partial charge in [0.25, 0.3) is 0 Å². The van der Waals surface area contributed by atoms with Gasteiger partial charge in [0.1, 0.15) is 11.2 Å². The van der Waals surface area contributed by atoms with E-state index in [1.807, 2.05) is 23.1 Å². The molecular weight excluding hydrogens is 262 g/mol. The van der Waals surface area contributed by atoms with Gasteiger partial charge in [-0.1, -0.05) is 30.3 Å². The van der Waals surface area contributed by atoms with Gasteiger partial charge in [-0.15, -0.1) is 11.8 Å². The summed E-state index contributed by atoms with van der Waals surface area (Å²) in [6.45, 7) is 3.09. The smallest absolute Gasteiger partial charge is 0.179 e. The summed E-state index contributed by atoms with van der Waals surface area (Å²) in [7, 11) is 0. The second-order valence-corrected chi connectivity index (χ2v) is 5.73. The summed E-state index contributed by atoms with van der Waals surface area (Å²) in [6.07, 6.45) is -0.832. The van der Waals surface area contributed by atoms with E-state index in [9.17, 15) is 9.90 Å². The van der Waals surface area contributed by atoms with Gasteiger partial charge in [-0.2, -0.15) is 0 Å². The van der Waals surface area contributed by atoms with Crippen LogP contribution in [0.3, 0.4) is 0 Å². The van der Waals surface area contributed by atoms with E-state index in [1.54, 1.807) is 18.7 Å². The Kier molecular flexibility index (Phi) is 5.39. The lowest BCUT2D eigenvalue weighted by Gasteiger charge is -2.37. The first-order chi connectivity index (χ1) is 9.16. The topological polar surface area (TPSA) is 49.8 Å². The minimum Gasteiger partial charge on any atom is -0.366 e. The zero-order chi connectivity index (χ0) is 13.7. The van der Waals surface area contributed by atoms with Gasteiger partial charge in [0.05, 0.1) is 13.2 Å². The average Bonchev–Trinajstić information content (AvgIpc) is 2.38. The lowest BCUT2D eigenvalue weighted by atomic mass is 10.2. The van der Waals surface area contributed by atoms with Gasteiger partial charge in [0.2, 0.25) is 0 Å². The van der Waals surface area contributed by atoms with E-state index in [1.165, 1.54) is 5.56 Å². The van der Waals surface area contributed by atoms with Crippen LogP contribution in [0, 0.1) is 0 Å². The van der Waals surface area contributed by atoms with Crippen LogP contribution < -0.4 is 0 Å². The van der Waals surface area contributed by atoms with Crippen molar-refractivity contribution in [2.45, 2.75) is 24.3 Å². The Labute approximate surface area is 117 Å². The first kappa shape index (κ1) is 14.5. The molecule has 2 atom stereocenters. The average molecular weight is 281 g/mol. The molecule has 0 aromatic heterocycles. The predicted molar refractivity (Wildman–Crippen MR) is 75.7 cm³/mol. The lowest BCUT2D eigenvalue weighted by Crippen LogP contribution is -2.50. The van der Waals surface area contributed by atoms with Crippen LogP contribution in [0.2, 0.25) is 0 Å². The number of nitrogens with zero attached hydrogens (tertiary/aromatic N) is 1. The van der Waals surface area contributed by atoms with Gasteiger partial charge in [0, 0.05) is 12.3 Å². The molecule has 1 saturated heterocycles. The van der Waals surface area contributed by atoms with E-state index in [4.69, 9.17) is 4.74 Å². The maximum absolute atomic E-state index is 11.3.